The summed E-state index contributed by atoms with van der Waals surface area (Å²) >= 11 is 0. The van der Waals surface area contributed by atoms with Gasteiger partial charge < -0.3 is 10.1 Å². The monoisotopic (exact) mass is 455 g/mol. The number of aromatic nitrogens is 3. The van der Waals surface area contributed by atoms with Gasteiger partial charge in [-0.05, 0) is 67.9 Å². The van der Waals surface area contributed by atoms with Gasteiger partial charge in [-0.25, -0.2) is 14.5 Å². The van der Waals surface area contributed by atoms with Crippen molar-refractivity contribution in [3.05, 3.63) is 66.0 Å². The summed E-state index contributed by atoms with van der Waals surface area (Å²) in [7, 11) is 0. The molecule has 2 aliphatic heterocycles. The van der Waals surface area contributed by atoms with Gasteiger partial charge in [-0.15, -0.1) is 0 Å². The Morgan fingerprint density at radius 1 is 1.21 bits per heavy atom. The van der Waals surface area contributed by atoms with E-state index in [9.17, 15) is 10.1 Å². The molecule has 0 saturated heterocycles. The lowest BCUT2D eigenvalue weighted by Crippen LogP contribution is -2.35. The number of hydrogen-bond acceptors (Lipinski definition) is 5. The van der Waals surface area contributed by atoms with Gasteiger partial charge in [-0.1, -0.05) is 32.1 Å². The summed E-state index contributed by atoms with van der Waals surface area (Å²) in [5.74, 6) is -0.390. The van der Waals surface area contributed by atoms with Crippen LogP contribution in [0.4, 0.5) is 5.69 Å². The van der Waals surface area contributed by atoms with Gasteiger partial charge >= 0.3 is 0 Å². The van der Waals surface area contributed by atoms with Crippen LogP contribution in [0.25, 0.3) is 11.1 Å². The third kappa shape index (κ3) is 4.10. The Kier molecular flexibility index (Phi) is 5.10. The molecule has 5 rings (SSSR count). The van der Waals surface area contributed by atoms with Gasteiger partial charge in [0.1, 0.15) is 5.60 Å². The number of pyridine rings is 1. The van der Waals surface area contributed by atoms with Crippen molar-refractivity contribution in [2.24, 2.45) is 5.41 Å². The molecule has 34 heavy (non-hydrogen) atoms. The number of nitrogens with one attached hydrogen (secondary N) is 1. The number of nitrogens with zero attached hydrogens (tertiary/aromatic N) is 4. The lowest BCUT2D eigenvalue weighted by atomic mass is 9.77. The number of amides is 1. The molecule has 2 aromatic rings. The first-order valence-electron chi connectivity index (χ1n) is 11.7. The quantitative estimate of drug-likeness (QED) is 0.628. The Hall–Kier alpha value is -3.50. The van der Waals surface area contributed by atoms with Crippen LogP contribution in [0.15, 0.2) is 48.8 Å². The normalized spacial score (nSPS) is 27.0. The molecule has 3 aliphatic rings. The van der Waals surface area contributed by atoms with Crippen molar-refractivity contribution >= 4 is 22.7 Å². The van der Waals surface area contributed by atoms with Crippen molar-refractivity contribution in [3.8, 4) is 6.19 Å². The second kappa shape index (κ2) is 7.78. The number of anilines is 1. The van der Waals surface area contributed by atoms with Crippen LogP contribution in [0.1, 0.15) is 75.4 Å². The van der Waals surface area contributed by atoms with Crippen LogP contribution in [0.2, 0.25) is 0 Å². The maximum atomic E-state index is 12.9. The third-order valence-corrected chi connectivity index (χ3v) is 6.92. The van der Waals surface area contributed by atoms with Crippen molar-refractivity contribution in [3.63, 3.8) is 0 Å². The molecule has 0 spiro atoms. The number of carbonyl (C=O) groups excluding carboxylic acids is 1. The number of rotatable bonds is 4. The molecule has 0 saturated carbocycles. The first-order chi connectivity index (χ1) is 16.1. The molecule has 174 valence electrons. The molecule has 0 fully saturated rings. The smallest absolute Gasteiger partial charge is 0.292 e. The zero-order valence-electron chi connectivity index (χ0n) is 20.1. The molecule has 2 aromatic heterocycles. The minimum Gasteiger partial charge on any atom is -0.356 e. The summed E-state index contributed by atoms with van der Waals surface area (Å²) in [6.45, 7) is 8.70. The van der Waals surface area contributed by atoms with Gasteiger partial charge in [0.2, 0.25) is 5.82 Å². The fourth-order valence-corrected chi connectivity index (χ4v) is 5.03. The highest BCUT2D eigenvalue weighted by Crippen LogP contribution is 2.45. The minimum atomic E-state index is -0.438. The van der Waals surface area contributed by atoms with E-state index in [2.05, 4.69) is 62.3 Å². The molecular formula is C27H29N5O2. The highest BCUT2D eigenvalue weighted by molar-refractivity contribution is 6.03. The van der Waals surface area contributed by atoms with Crippen LogP contribution in [0, 0.1) is 16.9 Å². The van der Waals surface area contributed by atoms with E-state index in [0.29, 0.717) is 5.69 Å². The summed E-state index contributed by atoms with van der Waals surface area (Å²) in [6, 6.07) is 3.86. The maximum absolute atomic E-state index is 12.9. The number of ether oxygens (including phenoxy) is 1. The van der Waals surface area contributed by atoms with Gasteiger partial charge in [-0.2, -0.15) is 5.26 Å². The van der Waals surface area contributed by atoms with Crippen molar-refractivity contribution in [1.29, 1.82) is 5.26 Å². The largest absolute Gasteiger partial charge is 0.356 e. The van der Waals surface area contributed by atoms with Crippen molar-refractivity contribution < 1.29 is 9.53 Å². The van der Waals surface area contributed by atoms with Gasteiger partial charge in [0, 0.05) is 18.8 Å². The lowest BCUT2D eigenvalue weighted by Gasteiger charge is -2.35. The summed E-state index contributed by atoms with van der Waals surface area (Å²) < 4.78 is 7.36. The average molecular weight is 456 g/mol. The van der Waals surface area contributed by atoms with E-state index in [1.807, 2.05) is 18.3 Å². The molecular weight excluding hydrogens is 426 g/mol. The van der Waals surface area contributed by atoms with E-state index in [1.165, 1.54) is 12.4 Å². The van der Waals surface area contributed by atoms with Gasteiger partial charge in [0.15, 0.2) is 6.19 Å². The van der Waals surface area contributed by atoms with E-state index in [1.54, 1.807) is 0 Å². The molecule has 2 bridgehead atoms. The number of carbonyl (C=O) groups is 1. The summed E-state index contributed by atoms with van der Waals surface area (Å²) in [5.41, 5.74) is 4.04. The van der Waals surface area contributed by atoms with Crippen molar-refractivity contribution in [2.75, 3.05) is 5.32 Å². The van der Waals surface area contributed by atoms with Crippen LogP contribution in [-0.2, 0) is 4.74 Å². The van der Waals surface area contributed by atoms with Crippen LogP contribution in [0.5, 0.6) is 0 Å². The second-order valence-electron chi connectivity index (χ2n) is 10.6. The summed E-state index contributed by atoms with van der Waals surface area (Å²) in [4.78, 5) is 22.0. The van der Waals surface area contributed by atoms with Crippen molar-refractivity contribution in [2.45, 2.75) is 64.6 Å². The Labute approximate surface area is 199 Å². The predicted molar refractivity (Wildman–Crippen MR) is 131 cm³/mol. The standard InChI is InChI=1S/C27H29N5O2/c1-25(2)9-7-18(8-10-25)22-21(31-24(33)23-29-13-14-32(23)17-28)6-5-20(30-22)19-15-26(3)11-12-27(4,16-19)34-26/h5-7,11-15H,8-10,16H2,1-4H3,(H,31,33). The average Bonchev–Trinajstić information content (AvgIpc) is 3.35. The van der Waals surface area contributed by atoms with E-state index in [0.717, 1.165) is 52.8 Å². The Balaban J connectivity index is 1.53. The molecule has 7 heteroatoms. The molecule has 0 radical (unpaired) electrons. The Bertz CT molecular complexity index is 1310. The van der Waals surface area contributed by atoms with E-state index >= 15 is 0 Å². The number of allylic oxidation sites excluding steroid dienone is 2. The second-order valence-corrected chi connectivity index (χ2v) is 10.6. The van der Waals surface area contributed by atoms with E-state index < -0.39 is 11.5 Å². The highest BCUT2D eigenvalue weighted by atomic mass is 16.5. The third-order valence-electron chi connectivity index (χ3n) is 6.92. The number of hydrogen-bond donors (Lipinski definition) is 1. The molecule has 7 nitrogen and oxygen atoms in total. The molecule has 1 aliphatic carbocycles. The molecule has 4 heterocycles. The van der Waals surface area contributed by atoms with Crippen molar-refractivity contribution in [1.82, 2.24) is 14.5 Å². The summed E-state index contributed by atoms with van der Waals surface area (Å²) in [5, 5.41) is 12.2. The number of nitriles is 1. The Morgan fingerprint density at radius 3 is 2.74 bits per heavy atom. The highest BCUT2D eigenvalue weighted by Gasteiger charge is 2.42. The van der Waals surface area contributed by atoms with Crippen LogP contribution < -0.4 is 5.32 Å². The number of imidazole rings is 1. The molecule has 2 atom stereocenters. The predicted octanol–water partition coefficient (Wildman–Crippen LogP) is 5.34. The topological polar surface area (TPSA) is 92.8 Å². The van der Waals surface area contributed by atoms with Crippen LogP contribution in [0.3, 0.4) is 0 Å². The molecule has 1 N–H and O–H groups in total. The SMILES string of the molecule is CC1(C)CC=C(c2nc(C3=CC4(C)C=CC(C)(C3)O4)ccc2NC(=O)c2nccn2C#N)CC1. The lowest BCUT2D eigenvalue weighted by molar-refractivity contribution is -0.0473. The fraction of sp³-hybridized carbons (Fsp3) is 0.407. The minimum absolute atomic E-state index is 0.0481. The molecule has 2 unspecified atom stereocenters. The van der Waals surface area contributed by atoms with E-state index in [-0.39, 0.29) is 16.8 Å². The van der Waals surface area contributed by atoms with Crippen LogP contribution in [-0.4, -0.2) is 31.6 Å². The van der Waals surface area contributed by atoms with Gasteiger partial charge in [0.25, 0.3) is 5.91 Å². The van der Waals surface area contributed by atoms with Gasteiger partial charge in [-0.3, -0.25) is 4.79 Å². The molecule has 1 amide bonds. The zero-order valence-corrected chi connectivity index (χ0v) is 20.1. The first-order valence-corrected chi connectivity index (χ1v) is 11.7. The fourth-order valence-electron chi connectivity index (χ4n) is 5.03. The maximum Gasteiger partial charge on any atom is 0.292 e. The Morgan fingerprint density at radius 2 is 2.03 bits per heavy atom. The first kappa shape index (κ1) is 22.3. The summed E-state index contributed by atoms with van der Waals surface area (Å²) in [6.07, 6.45) is 17.1. The van der Waals surface area contributed by atoms with Crippen LogP contribution >= 0.6 is 0 Å². The molecule has 0 aromatic carbocycles. The van der Waals surface area contributed by atoms with E-state index in [4.69, 9.17) is 9.72 Å². The zero-order chi connectivity index (χ0) is 24.1. The van der Waals surface area contributed by atoms with Gasteiger partial charge in [0.05, 0.1) is 22.7 Å². The number of fused-ring (bicyclic) bond motifs is 2.